The summed E-state index contributed by atoms with van der Waals surface area (Å²) in [4.78, 5) is 45.4. The SMILES string of the molecule is CCCc1cc(C)[nH]c(=O)c1CNC(=O)c1cc(-c2ccc(C(=O)NN)nc2)cc2c1ccn2C1CCOCC1. The van der Waals surface area contributed by atoms with Gasteiger partial charge in [0.05, 0.1) is 0 Å². The number of H-pyrrole nitrogens is 1. The number of hydrogen-bond acceptors (Lipinski definition) is 6. The summed E-state index contributed by atoms with van der Waals surface area (Å²) in [6.07, 6.45) is 7.05. The number of rotatable bonds is 8. The molecule has 3 aromatic heterocycles. The minimum Gasteiger partial charge on any atom is -0.381 e. The van der Waals surface area contributed by atoms with Crippen LogP contribution in [0, 0.1) is 6.92 Å². The Bertz CT molecular complexity index is 1600. The van der Waals surface area contributed by atoms with E-state index in [0.29, 0.717) is 24.3 Å². The van der Waals surface area contributed by atoms with Gasteiger partial charge in [-0.15, -0.1) is 0 Å². The minimum absolute atomic E-state index is 0.126. The molecule has 2 amide bonds. The van der Waals surface area contributed by atoms with E-state index < -0.39 is 5.91 Å². The fourth-order valence-corrected chi connectivity index (χ4v) is 5.41. The van der Waals surface area contributed by atoms with Crippen molar-refractivity contribution in [2.45, 2.75) is 52.1 Å². The monoisotopic (exact) mass is 542 g/mol. The molecule has 40 heavy (non-hydrogen) atoms. The van der Waals surface area contributed by atoms with E-state index in [0.717, 1.165) is 59.0 Å². The number of aromatic nitrogens is 3. The number of aromatic amines is 1. The fraction of sp³-hybridized carbons (Fsp3) is 0.333. The molecule has 5 rings (SSSR count). The predicted octanol–water partition coefficient (Wildman–Crippen LogP) is 3.54. The predicted molar refractivity (Wildman–Crippen MR) is 153 cm³/mol. The number of fused-ring (bicyclic) bond motifs is 1. The Balaban J connectivity index is 1.54. The van der Waals surface area contributed by atoms with Gasteiger partial charge in [-0.2, -0.15) is 0 Å². The highest BCUT2D eigenvalue weighted by Crippen LogP contribution is 2.33. The molecule has 0 spiro atoms. The maximum absolute atomic E-state index is 13.7. The van der Waals surface area contributed by atoms with Gasteiger partial charge < -0.3 is 19.6 Å². The smallest absolute Gasteiger partial charge is 0.283 e. The third-order valence-corrected chi connectivity index (χ3v) is 7.44. The highest BCUT2D eigenvalue weighted by molar-refractivity contribution is 6.08. The molecular formula is C30H34N6O4. The third-order valence-electron chi connectivity index (χ3n) is 7.44. The molecule has 1 fully saturated rings. The lowest BCUT2D eigenvalue weighted by molar-refractivity contribution is 0.0707. The first-order valence-electron chi connectivity index (χ1n) is 13.6. The van der Waals surface area contributed by atoms with Crippen LogP contribution in [0.2, 0.25) is 0 Å². The van der Waals surface area contributed by atoms with E-state index in [1.54, 1.807) is 18.3 Å². The molecule has 0 saturated carbocycles. The summed E-state index contributed by atoms with van der Waals surface area (Å²) in [5, 5.41) is 3.82. The molecule has 1 aliphatic heterocycles. The van der Waals surface area contributed by atoms with Gasteiger partial charge in [-0.25, -0.2) is 5.84 Å². The van der Waals surface area contributed by atoms with Crippen molar-refractivity contribution in [2.24, 2.45) is 5.84 Å². The number of benzene rings is 1. The van der Waals surface area contributed by atoms with E-state index in [1.165, 1.54) is 0 Å². The molecule has 10 heteroatoms. The second-order valence-electron chi connectivity index (χ2n) is 10.1. The number of nitrogens with one attached hydrogen (secondary N) is 3. The quantitative estimate of drug-likeness (QED) is 0.152. The van der Waals surface area contributed by atoms with Gasteiger partial charge in [0.15, 0.2) is 0 Å². The van der Waals surface area contributed by atoms with Crippen LogP contribution < -0.4 is 22.1 Å². The molecule has 1 aromatic carbocycles. The molecule has 10 nitrogen and oxygen atoms in total. The largest absolute Gasteiger partial charge is 0.381 e. The fourth-order valence-electron chi connectivity index (χ4n) is 5.41. The van der Waals surface area contributed by atoms with Crippen LogP contribution in [0.5, 0.6) is 0 Å². The van der Waals surface area contributed by atoms with Crippen LogP contribution in [-0.2, 0) is 17.7 Å². The Morgan fingerprint density at radius 2 is 1.93 bits per heavy atom. The zero-order valence-electron chi connectivity index (χ0n) is 22.8. The molecule has 0 bridgehead atoms. The summed E-state index contributed by atoms with van der Waals surface area (Å²) in [7, 11) is 0. The molecule has 0 unspecified atom stereocenters. The number of nitrogen functional groups attached to an aromatic ring is 1. The molecule has 1 aliphatic rings. The number of hydrazine groups is 1. The number of carbonyl (C=O) groups is 2. The maximum Gasteiger partial charge on any atom is 0.283 e. The molecule has 1 saturated heterocycles. The zero-order valence-corrected chi connectivity index (χ0v) is 22.8. The molecular weight excluding hydrogens is 508 g/mol. The normalized spacial score (nSPS) is 13.9. The highest BCUT2D eigenvalue weighted by Gasteiger charge is 2.21. The van der Waals surface area contributed by atoms with Gasteiger partial charge >= 0.3 is 0 Å². The summed E-state index contributed by atoms with van der Waals surface area (Å²) in [5.41, 5.74) is 7.40. The van der Waals surface area contributed by atoms with E-state index in [-0.39, 0.29) is 29.7 Å². The van der Waals surface area contributed by atoms with Crippen LogP contribution >= 0.6 is 0 Å². The van der Waals surface area contributed by atoms with E-state index in [9.17, 15) is 14.4 Å². The van der Waals surface area contributed by atoms with Crippen molar-refractivity contribution in [2.75, 3.05) is 13.2 Å². The van der Waals surface area contributed by atoms with Crippen molar-refractivity contribution in [3.8, 4) is 11.1 Å². The molecule has 0 aliphatic carbocycles. The van der Waals surface area contributed by atoms with Crippen molar-refractivity contribution in [1.29, 1.82) is 0 Å². The van der Waals surface area contributed by atoms with Crippen molar-refractivity contribution < 1.29 is 14.3 Å². The summed E-state index contributed by atoms with van der Waals surface area (Å²) >= 11 is 0. The highest BCUT2D eigenvalue weighted by atomic mass is 16.5. The topological polar surface area (TPSA) is 144 Å². The molecule has 4 heterocycles. The van der Waals surface area contributed by atoms with E-state index >= 15 is 0 Å². The minimum atomic E-state index is -0.482. The lowest BCUT2D eigenvalue weighted by atomic mass is 9.99. The van der Waals surface area contributed by atoms with E-state index in [1.807, 2.05) is 37.4 Å². The summed E-state index contributed by atoms with van der Waals surface area (Å²) < 4.78 is 7.78. The number of hydrogen-bond donors (Lipinski definition) is 4. The number of aryl methyl sites for hydroxylation is 2. The lowest BCUT2D eigenvalue weighted by Gasteiger charge is -2.25. The van der Waals surface area contributed by atoms with Gasteiger partial charge in [-0.05, 0) is 67.6 Å². The lowest BCUT2D eigenvalue weighted by Crippen LogP contribution is -2.30. The zero-order chi connectivity index (χ0) is 28.2. The Hall–Kier alpha value is -4.28. The number of ether oxygens (including phenoxy) is 1. The van der Waals surface area contributed by atoms with E-state index in [2.05, 4.69) is 32.2 Å². The number of carbonyl (C=O) groups excluding carboxylic acids is 2. The summed E-state index contributed by atoms with van der Waals surface area (Å²) in [6, 6.07) is 11.5. The number of pyridine rings is 2. The van der Waals surface area contributed by atoms with Gasteiger partial charge in [0, 0.05) is 71.5 Å². The number of amides is 2. The van der Waals surface area contributed by atoms with Crippen LogP contribution in [0.15, 0.2) is 53.6 Å². The van der Waals surface area contributed by atoms with Crippen molar-refractivity contribution in [3.05, 3.63) is 87.2 Å². The van der Waals surface area contributed by atoms with Gasteiger partial charge in [0.25, 0.3) is 17.4 Å². The van der Waals surface area contributed by atoms with Gasteiger partial charge in [0.2, 0.25) is 0 Å². The van der Waals surface area contributed by atoms with Crippen molar-refractivity contribution in [3.63, 3.8) is 0 Å². The second kappa shape index (κ2) is 11.8. The van der Waals surface area contributed by atoms with Crippen LogP contribution in [0.1, 0.15) is 69.9 Å². The van der Waals surface area contributed by atoms with E-state index in [4.69, 9.17) is 10.6 Å². The number of nitrogens with zero attached hydrogens (tertiary/aromatic N) is 2. The van der Waals surface area contributed by atoms with Crippen molar-refractivity contribution in [1.82, 2.24) is 25.3 Å². The summed E-state index contributed by atoms with van der Waals surface area (Å²) in [5.74, 6) is 4.49. The second-order valence-corrected chi connectivity index (χ2v) is 10.1. The Morgan fingerprint density at radius 3 is 2.62 bits per heavy atom. The van der Waals surface area contributed by atoms with Gasteiger partial charge in [0.1, 0.15) is 5.69 Å². The maximum atomic E-state index is 13.7. The van der Waals surface area contributed by atoms with Crippen LogP contribution in [0.3, 0.4) is 0 Å². The first-order chi connectivity index (χ1) is 19.4. The number of nitrogens with two attached hydrogens (primary N) is 1. The van der Waals surface area contributed by atoms with Gasteiger partial charge in [-0.3, -0.25) is 24.8 Å². The summed E-state index contributed by atoms with van der Waals surface area (Å²) in [6.45, 7) is 5.43. The average molecular weight is 543 g/mol. The molecule has 0 radical (unpaired) electrons. The first-order valence-corrected chi connectivity index (χ1v) is 13.6. The molecule has 5 N–H and O–H groups in total. The third kappa shape index (κ3) is 5.54. The Kier molecular flexibility index (Phi) is 8.09. The first kappa shape index (κ1) is 27.3. The van der Waals surface area contributed by atoms with Crippen LogP contribution in [0.25, 0.3) is 22.0 Å². The Labute approximate surface area is 231 Å². The molecule has 208 valence electrons. The Morgan fingerprint density at radius 1 is 1.12 bits per heavy atom. The van der Waals surface area contributed by atoms with Gasteiger partial charge in [-0.1, -0.05) is 19.4 Å². The van der Waals surface area contributed by atoms with Crippen LogP contribution in [0.4, 0.5) is 0 Å². The van der Waals surface area contributed by atoms with Crippen molar-refractivity contribution >= 4 is 22.7 Å². The molecule has 4 aromatic rings. The standard InChI is InChI=1S/C30H34N6O4/c1-3-4-19-13-18(2)34-29(38)25(19)17-33-28(37)24-14-21(20-5-6-26(32-16-20)30(39)35-31)15-27-23(24)7-10-36(27)22-8-11-40-12-9-22/h5-7,10,13-16,22H,3-4,8-9,11-12,17,31H2,1-2H3,(H,33,37)(H,34,38)(H,35,39). The molecule has 0 atom stereocenters. The van der Waals surface area contributed by atoms with Crippen LogP contribution in [-0.4, -0.2) is 39.6 Å². The average Bonchev–Trinajstić information content (AvgIpc) is 3.40.